The van der Waals surface area contributed by atoms with Crippen molar-refractivity contribution in [3.63, 3.8) is 0 Å². The van der Waals surface area contributed by atoms with Crippen LogP contribution < -0.4 is 0 Å². The lowest BCUT2D eigenvalue weighted by Gasteiger charge is -2.21. The average molecular weight is 229 g/mol. The van der Waals surface area contributed by atoms with Gasteiger partial charge in [-0.15, -0.1) is 0 Å². The lowest BCUT2D eigenvalue weighted by atomic mass is 9.84. The van der Waals surface area contributed by atoms with Gasteiger partial charge in [-0.3, -0.25) is 0 Å². The van der Waals surface area contributed by atoms with Crippen molar-refractivity contribution in [2.75, 3.05) is 6.61 Å². The van der Waals surface area contributed by atoms with Crippen molar-refractivity contribution >= 4 is 11.6 Å². The predicted molar refractivity (Wildman–Crippen MR) is 60.8 cm³/mol. The van der Waals surface area contributed by atoms with E-state index in [1.807, 2.05) is 26.0 Å². The minimum absolute atomic E-state index is 0.447. The highest BCUT2D eigenvalue weighted by Crippen LogP contribution is 2.27. The van der Waals surface area contributed by atoms with Crippen LogP contribution in [0.15, 0.2) is 36.2 Å². The van der Waals surface area contributed by atoms with Gasteiger partial charge in [-0.25, -0.2) is 4.39 Å². The van der Waals surface area contributed by atoms with Crippen molar-refractivity contribution in [2.45, 2.75) is 19.3 Å². The first-order chi connectivity index (χ1) is 6.95. The number of benzene rings is 1. The van der Waals surface area contributed by atoms with Crippen LogP contribution in [0.5, 0.6) is 0 Å². The molecule has 0 atom stereocenters. The van der Waals surface area contributed by atoms with Crippen molar-refractivity contribution < 1.29 is 9.50 Å². The van der Waals surface area contributed by atoms with Gasteiger partial charge in [-0.1, -0.05) is 37.6 Å². The van der Waals surface area contributed by atoms with Crippen LogP contribution in [0.3, 0.4) is 0 Å². The van der Waals surface area contributed by atoms with E-state index in [4.69, 9.17) is 16.7 Å². The molecule has 0 radical (unpaired) electrons. The molecule has 82 valence electrons. The molecule has 0 unspecified atom stereocenters. The highest BCUT2D eigenvalue weighted by molar-refractivity contribution is 6.30. The Balaban J connectivity index is 3.00. The smallest absolute Gasteiger partial charge is 0.122 e. The third kappa shape index (κ3) is 3.33. The summed E-state index contributed by atoms with van der Waals surface area (Å²) < 4.78 is 13.0. The Labute approximate surface area is 94.2 Å². The summed E-state index contributed by atoms with van der Waals surface area (Å²) in [6.45, 7) is 3.20. The Bertz CT molecular complexity index is 354. The highest BCUT2D eigenvalue weighted by Gasteiger charge is 2.18. The summed E-state index contributed by atoms with van der Waals surface area (Å²) in [5, 5.41) is 9.28. The SMILES string of the molecule is CC(C)(C=C(F)CO)c1ccc(Cl)cc1. The van der Waals surface area contributed by atoms with E-state index >= 15 is 0 Å². The zero-order valence-electron chi connectivity index (χ0n) is 8.80. The molecule has 1 aromatic carbocycles. The van der Waals surface area contributed by atoms with Gasteiger partial charge in [-0.2, -0.15) is 0 Å². The molecule has 0 saturated heterocycles. The van der Waals surface area contributed by atoms with Gasteiger partial charge in [0.15, 0.2) is 0 Å². The molecule has 0 aromatic heterocycles. The van der Waals surface area contributed by atoms with Crippen LogP contribution in [-0.2, 0) is 5.41 Å². The van der Waals surface area contributed by atoms with Crippen LogP contribution in [0.1, 0.15) is 19.4 Å². The molecule has 1 nitrogen and oxygen atoms in total. The van der Waals surface area contributed by atoms with E-state index < -0.39 is 17.8 Å². The molecule has 0 heterocycles. The summed E-state index contributed by atoms with van der Waals surface area (Å²) in [5.41, 5.74) is 0.507. The van der Waals surface area contributed by atoms with Gasteiger partial charge in [0.25, 0.3) is 0 Å². The first-order valence-electron chi connectivity index (χ1n) is 4.70. The van der Waals surface area contributed by atoms with E-state index in [0.29, 0.717) is 5.02 Å². The maximum Gasteiger partial charge on any atom is 0.122 e. The second-order valence-corrected chi connectivity index (χ2v) is 4.41. The molecule has 1 N–H and O–H groups in total. The van der Waals surface area contributed by atoms with Gasteiger partial charge in [0, 0.05) is 10.4 Å². The number of halogens is 2. The van der Waals surface area contributed by atoms with Gasteiger partial charge in [0.1, 0.15) is 5.83 Å². The summed E-state index contributed by atoms with van der Waals surface area (Å²) in [7, 11) is 0. The fourth-order valence-corrected chi connectivity index (χ4v) is 1.53. The third-order valence-corrected chi connectivity index (χ3v) is 2.51. The second kappa shape index (κ2) is 4.77. The largest absolute Gasteiger partial charge is 0.389 e. The van der Waals surface area contributed by atoms with Crippen molar-refractivity contribution in [2.24, 2.45) is 0 Å². The molecule has 1 aromatic rings. The minimum atomic E-state index is -0.559. The average Bonchev–Trinajstić information content (AvgIpc) is 2.17. The molecule has 0 bridgehead atoms. The molecule has 1 rings (SSSR count). The number of aliphatic hydroxyl groups excluding tert-OH is 1. The van der Waals surface area contributed by atoms with Gasteiger partial charge in [0.2, 0.25) is 0 Å². The van der Waals surface area contributed by atoms with Gasteiger partial charge >= 0.3 is 0 Å². The van der Waals surface area contributed by atoms with Gasteiger partial charge < -0.3 is 5.11 Å². The number of rotatable bonds is 3. The summed E-state index contributed by atoms with van der Waals surface area (Å²) in [4.78, 5) is 0. The summed E-state index contributed by atoms with van der Waals surface area (Å²) >= 11 is 5.77. The number of hydrogen-bond donors (Lipinski definition) is 1. The molecule has 0 spiro atoms. The topological polar surface area (TPSA) is 20.2 Å². The third-order valence-electron chi connectivity index (χ3n) is 2.26. The summed E-state index contributed by atoms with van der Waals surface area (Å²) in [5.74, 6) is -0.519. The van der Waals surface area contributed by atoms with E-state index in [1.165, 1.54) is 6.08 Å². The normalized spacial score (nSPS) is 13.0. The zero-order chi connectivity index (χ0) is 11.5. The number of aliphatic hydroxyl groups is 1. The van der Waals surface area contributed by atoms with Gasteiger partial charge in [-0.05, 0) is 23.8 Å². The van der Waals surface area contributed by atoms with Crippen LogP contribution in [0, 0.1) is 0 Å². The van der Waals surface area contributed by atoms with Crippen molar-refractivity contribution in [1.82, 2.24) is 0 Å². The molecular formula is C12H14ClFO. The van der Waals surface area contributed by atoms with E-state index in [-0.39, 0.29) is 0 Å². The molecule has 0 fully saturated rings. The minimum Gasteiger partial charge on any atom is -0.389 e. The van der Waals surface area contributed by atoms with Crippen LogP contribution >= 0.6 is 11.6 Å². The Morgan fingerprint density at radius 3 is 2.40 bits per heavy atom. The summed E-state index contributed by atoms with van der Waals surface area (Å²) in [6.07, 6.45) is 1.41. The van der Waals surface area contributed by atoms with Crippen LogP contribution in [-0.4, -0.2) is 11.7 Å². The molecule has 0 saturated carbocycles. The molecule has 0 amide bonds. The van der Waals surface area contributed by atoms with E-state index in [9.17, 15) is 4.39 Å². The van der Waals surface area contributed by atoms with Crippen molar-refractivity contribution in [3.8, 4) is 0 Å². The zero-order valence-corrected chi connectivity index (χ0v) is 9.55. The predicted octanol–water partition coefficient (Wildman–Crippen LogP) is 3.46. The fourth-order valence-electron chi connectivity index (χ4n) is 1.40. The summed E-state index contributed by atoms with van der Waals surface area (Å²) in [6, 6.07) is 7.24. The van der Waals surface area contributed by atoms with E-state index in [1.54, 1.807) is 12.1 Å². The number of hydrogen-bond acceptors (Lipinski definition) is 1. The fraction of sp³-hybridized carbons (Fsp3) is 0.333. The standard InChI is InChI=1S/C12H14ClFO/c1-12(2,7-11(14)8-15)9-3-5-10(13)6-4-9/h3-7,15H,8H2,1-2H3. The van der Waals surface area contributed by atoms with E-state index in [2.05, 4.69) is 0 Å². The highest BCUT2D eigenvalue weighted by atomic mass is 35.5. The number of allylic oxidation sites excluding steroid dienone is 1. The molecule has 0 aliphatic carbocycles. The van der Waals surface area contributed by atoms with Gasteiger partial charge in [0.05, 0.1) is 6.61 Å². The lowest BCUT2D eigenvalue weighted by molar-refractivity contribution is 0.295. The maximum atomic E-state index is 13.0. The van der Waals surface area contributed by atoms with Crippen LogP contribution in [0.4, 0.5) is 4.39 Å². The molecule has 0 aliphatic heterocycles. The second-order valence-electron chi connectivity index (χ2n) is 3.98. The Kier molecular flexibility index (Phi) is 3.89. The molecule has 15 heavy (non-hydrogen) atoms. The Morgan fingerprint density at radius 1 is 1.40 bits per heavy atom. The molecule has 0 aliphatic rings. The van der Waals surface area contributed by atoms with Crippen LogP contribution in [0.2, 0.25) is 5.02 Å². The van der Waals surface area contributed by atoms with E-state index in [0.717, 1.165) is 5.56 Å². The first kappa shape index (κ1) is 12.2. The van der Waals surface area contributed by atoms with Crippen molar-refractivity contribution in [3.05, 3.63) is 46.8 Å². The monoisotopic (exact) mass is 228 g/mol. The first-order valence-corrected chi connectivity index (χ1v) is 5.07. The quantitative estimate of drug-likeness (QED) is 0.840. The lowest BCUT2D eigenvalue weighted by Crippen LogP contribution is -2.14. The Hall–Kier alpha value is -0.860. The van der Waals surface area contributed by atoms with Crippen molar-refractivity contribution in [1.29, 1.82) is 0 Å². The molecule has 3 heteroatoms. The Morgan fingerprint density at radius 2 is 1.93 bits per heavy atom. The molecular weight excluding hydrogens is 215 g/mol. The van der Waals surface area contributed by atoms with Crippen LogP contribution in [0.25, 0.3) is 0 Å². The maximum absolute atomic E-state index is 13.0.